The summed E-state index contributed by atoms with van der Waals surface area (Å²) in [6, 6.07) is 11.8. The number of hydrogen-bond acceptors (Lipinski definition) is 16. The molecule has 0 fully saturated rings. The molecule has 6 rings (SSSR count). The minimum atomic E-state index is -0.354. The molecule has 2 aliphatic rings. The maximum Gasteiger partial charge on any atom is 0.305 e. The van der Waals surface area contributed by atoms with Gasteiger partial charge in [0.15, 0.2) is 46.0 Å². The Morgan fingerprint density at radius 3 is 1.01 bits per heavy atom. The third kappa shape index (κ3) is 12.6. The van der Waals surface area contributed by atoms with Crippen LogP contribution in [-0.4, -0.2) is 160 Å². The van der Waals surface area contributed by atoms with E-state index in [9.17, 15) is 9.59 Å². The molecule has 75 heavy (non-hydrogen) atoms. The average Bonchev–Trinajstić information content (AvgIpc) is 3.42. The van der Waals surface area contributed by atoms with Gasteiger partial charge in [-0.15, -0.1) is 0 Å². The summed E-state index contributed by atoms with van der Waals surface area (Å²) < 4.78 is 82.3. The number of benzene rings is 4. The van der Waals surface area contributed by atoms with Crippen LogP contribution in [0, 0.1) is 0 Å². The number of esters is 2. The molecule has 0 N–H and O–H groups in total. The fourth-order valence-corrected chi connectivity index (χ4v) is 11.2. The van der Waals surface area contributed by atoms with E-state index in [2.05, 4.69) is 14.1 Å². The number of ether oxygens (including phenoxy) is 14. The number of methoxy groups -OCH3 is 12. The Morgan fingerprint density at radius 1 is 0.413 bits per heavy atom. The van der Waals surface area contributed by atoms with Crippen molar-refractivity contribution in [3.8, 4) is 69.0 Å². The van der Waals surface area contributed by atoms with Gasteiger partial charge >= 0.3 is 11.9 Å². The predicted octanol–water partition coefficient (Wildman–Crippen LogP) is 8.10. The molecule has 2 heterocycles. The number of quaternary nitrogens is 2. The molecule has 0 aliphatic carbocycles. The summed E-state index contributed by atoms with van der Waals surface area (Å²) in [6.45, 7) is 3.52. The first-order chi connectivity index (χ1) is 36.2. The molecule has 0 bridgehead atoms. The number of carbonyl (C=O) groups is 2. The van der Waals surface area contributed by atoms with E-state index in [0.29, 0.717) is 123 Å². The second-order valence-electron chi connectivity index (χ2n) is 19.3. The lowest BCUT2D eigenvalue weighted by atomic mass is 9.85. The number of likely N-dealkylation sites (N-methyl/N-ethyl adjacent to an activating group) is 2. The SMILES string of the molecule is COc1cc(CC2c3c(cc(OC)c(OC)c3OC)CC[N+]2(C)CCCOC(=O)CCCC(=O)OCCC[N+]2(C)CCc3cc(OC)c(OC)c(OC)c3C2Cc2cc(OC)c(OC)c(OC)c2)cc(OC)c1OC. The van der Waals surface area contributed by atoms with E-state index in [4.69, 9.17) is 66.3 Å². The zero-order chi connectivity index (χ0) is 54.5. The van der Waals surface area contributed by atoms with Crippen LogP contribution in [-0.2, 0) is 44.7 Å². The zero-order valence-corrected chi connectivity index (χ0v) is 46.7. The minimum Gasteiger partial charge on any atom is -0.493 e. The van der Waals surface area contributed by atoms with Crippen molar-refractivity contribution in [2.45, 2.75) is 69.9 Å². The molecule has 0 spiro atoms. The number of carbonyl (C=O) groups excluding carboxylic acids is 2. The van der Waals surface area contributed by atoms with E-state index in [1.165, 1.54) is 0 Å². The van der Waals surface area contributed by atoms with Gasteiger partial charge in [0.05, 0.1) is 150 Å². The maximum absolute atomic E-state index is 13.1. The fraction of sp³-hybridized carbons (Fsp3) is 0.544. The van der Waals surface area contributed by atoms with E-state index in [0.717, 1.165) is 59.3 Å². The van der Waals surface area contributed by atoms with Crippen molar-refractivity contribution in [1.29, 1.82) is 0 Å². The van der Waals surface area contributed by atoms with Crippen molar-refractivity contribution in [2.75, 3.05) is 139 Å². The molecule has 4 aromatic carbocycles. The van der Waals surface area contributed by atoms with E-state index in [-0.39, 0.29) is 50.1 Å². The lowest BCUT2D eigenvalue weighted by Crippen LogP contribution is -2.53. The summed E-state index contributed by atoms with van der Waals surface area (Å²) in [7, 11) is 23.8. The molecule has 2 aliphatic heterocycles. The minimum absolute atomic E-state index is 0.0958. The molecule has 412 valence electrons. The Bertz CT molecular complexity index is 2380. The zero-order valence-electron chi connectivity index (χ0n) is 46.7. The largest absolute Gasteiger partial charge is 0.493 e. The highest BCUT2D eigenvalue weighted by molar-refractivity contribution is 5.72. The standard InChI is InChI=1S/C57H80N2O16/c1-58(24-20-38-34-46(66-7)54(70-11)56(72-13)50(38)40(58)28-36-30-42(62-3)52(68-9)43(31-36)63-4)22-16-26-74-48(60)18-15-19-49(61)75-27-17-23-59(2)25-21-39-35-47(67-8)55(71-12)57(73-14)51(39)41(59)29-37-32-44(64-5)53(69-10)45(33-37)65-6/h30-35,40-41H,15-29H2,1-14H3/q+2. The number of hydrogen-bond donors (Lipinski definition) is 0. The Labute approximate surface area is 442 Å². The first kappa shape index (κ1) is 57.6. The Morgan fingerprint density at radius 2 is 0.720 bits per heavy atom. The van der Waals surface area contributed by atoms with Crippen LogP contribution in [0.25, 0.3) is 0 Å². The third-order valence-electron chi connectivity index (χ3n) is 15.1. The summed E-state index contributed by atoms with van der Waals surface area (Å²) in [4.78, 5) is 26.1. The fourth-order valence-electron chi connectivity index (χ4n) is 11.2. The van der Waals surface area contributed by atoms with E-state index in [1.807, 2.05) is 36.4 Å². The van der Waals surface area contributed by atoms with Gasteiger partial charge in [0.2, 0.25) is 23.0 Å². The topological polar surface area (TPSA) is 163 Å². The van der Waals surface area contributed by atoms with Gasteiger partial charge < -0.3 is 75.3 Å². The Hall–Kier alpha value is -6.66. The van der Waals surface area contributed by atoms with Crippen LogP contribution in [0.3, 0.4) is 0 Å². The molecule has 4 atom stereocenters. The summed E-state index contributed by atoms with van der Waals surface area (Å²) in [5, 5.41) is 0. The predicted molar refractivity (Wildman–Crippen MR) is 282 cm³/mol. The molecule has 4 unspecified atom stereocenters. The highest BCUT2D eigenvalue weighted by Crippen LogP contribution is 2.53. The highest BCUT2D eigenvalue weighted by Gasteiger charge is 2.45. The maximum atomic E-state index is 13.1. The van der Waals surface area contributed by atoms with Crippen LogP contribution >= 0.6 is 0 Å². The van der Waals surface area contributed by atoms with E-state index < -0.39 is 0 Å². The smallest absolute Gasteiger partial charge is 0.305 e. The van der Waals surface area contributed by atoms with Crippen LogP contribution < -0.4 is 56.8 Å². The number of rotatable bonds is 28. The molecule has 18 nitrogen and oxygen atoms in total. The van der Waals surface area contributed by atoms with Gasteiger partial charge in [-0.25, -0.2) is 0 Å². The van der Waals surface area contributed by atoms with Crippen molar-refractivity contribution in [3.05, 3.63) is 69.8 Å². The third-order valence-corrected chi connectivity index (χ3v) is 15.1. The molecule has 18 heteroatoms. The van der Waals surface area contributed by atoms with Crippen LogP contribution in [0.2, 0.25) is 0 Å². The molecule has 0 aromatic heterocycles. The summed E-state index contributed by atoms with van der Waals surface area (Å²) in [5.41, 5.74) is 6.28. The van der Waals surface area contributed by atoms with E-state index >= 15 is 0 Å². The van der Waals surface area contributed by atoms with Crippen molar-refractivity contribution in [3.63, 3.8) is 0 Å². The van der Waals surface area contributed by atoms with Crippen LogP contribution in [0.1, 0.15) is 77.6 Å². The van der Waals surface area contributed by atoms with Gasteiger partial charge in [-0.3, -0.25) is 9.59 Å². The van der Waals surface area contributed by atoms with Crippen molar-refractivity contribution >= 4 is 11.9 Å². The Kier molecular flexibility index (Phi) is 20.1. The number of nitrogens with zero attached hydrogens (tertiary/aromatic N) is 2. The lowest BCUT2D eigenvalue weighted by Gasteiger charge is -2.46. The van der Waals surface area contributed by atoms with Crippen molar-refractivity contribution < 1.29 is 84.9 Å². The van der Waals surface area contributed by atoms with Gasteiger partial charge in [0.25, 0.3) is 0 Å². The highest BCUT2D eigenvalue weighted by atomic mass is 16.6. The summed E-state index contributed by atoms with van der Waals surface area (Å²) in [6.07, 6.45) is 4.50. The first-order valence-corrected chi connectivity index (χ1v) is 25.4. The van der Waals surface area contributed by atoms with Crippen molar-refractivity contribution in [1.82, 2.24) is 0 Å². The Balaban J connectivity index is 1.06. The second-order valence-corrected chi connectivity index (χ2v) is 19.3. The molecule has 0 saturated heterocycles. The molecular formula is C57H80N2O16+2. The van der Waals surface area contributed by atoms with Crippen LogP contribution in [0.5, 0.6) is 69.0 Å². The van der Waals surface area contributed by atoms with Gasteiger partial charge in [0, 0.05) is 51.4 Å². The molecular weight excluding hydrogens is 969 g/mol. The monoisotopic (exact) mass is 1050 g/mol. The average molecular weight is 1050 g/mol. The number of fused-ring (bicyclic) bond motifs is 2. The van der Waals surface area contributed by atoms with Crippen LogP contribution in [0.4, 0.5) is 0 Å². The molecule has 0 radical (unpaired) electrons. The quantitative estimate of drug-likeness (QED) is 0.0304. The van der Waals surface area contributed by atoms with Gasteiger partial charge in [-0.2, -0.15) is 0 Å². The molecule has 0 amide bonds. The molecule has 0 saturated carbocycles. The second kappa shape index (κ2) is 26.2. The van der Waals surface area contributed by atoms with Gasteiger partial charge in [-0.05, 0) is 65.1 Å². The van der Waals surface area contributed by atoms with Crippen LogP contribution in [0.15, 0.2) is 36.4 Å². The molecule has 4 aromatic rings. The van der Waals surface area contributed by atoms with E-state index in [1.54, 1.807) is 85.3 Å². The first-order valence-electron chi connectivity index (χ1n) is 25.4. The summed E-state index contributed by atoms with van der Waals surface area (Å²) >= 11 is 0. The van der Waals surface area contributed by atoms with Gasteiger partial charge in [0.1, 0.15) is 12.1 Å². The van der Waals surface area contributed by atoms with Gasteiger partial charge in [-0.1, -0.05) is 0 Å². The summed E-state index contributed by atoms with van der Waals surface area (Å²) in [5.74, 6) is 6.13. The normalized spacial score (nSPS) is 18.6. The lowest BCUT2D eigenvalue weighted by molar-refractivity contribution is -0.941. The van der Waals surface area contributed by atoms with Crippen molar-refractivity contribution in [2.24, 2.45) is 0 Å².